The minimum atomic E-state index is -3.62. The highest BCUT2D eigenvalue weighted by Gasteiger charge is 2.17. The Morgan fingerprint density at radius 1 is 1.41 bits per heavy atom. The number of nitrogens with one attached hydrogen (secondary N) is 1. The number of rotatable bonds is 6. The Bertz CT molecular complexity index is 476. The van der Waals surface area contributed by atoms with Crippen LogP contribution in [-0.4, -0.2) is 28.7 Å². The number of sulfonamides is 1. The zero-order valence-corrected chi connectivity index (χ0v) is 11.6. The van der Waals surface area contributed by atoms with Crippen LogP contribution in [0.2, 0.25) is 5.02 Å². The fourth-order valence-electron chi connectivity index (χ4n) is 1.19. The van der Waals surface area contributed by atoms with Crippen LogP contribution < -0.4 is 4.72 Å². The maximum atomic E-state index is 11.9. The minimum absolute atomic E-state index is 0.0356. The van der Waals surface area contributed by atoms with Crippen LogP contribution in [0.25, 0.3) is 0 Å². The van der Waals surface area contributed by atoms with Gasteiger partial charge in [0.2, 0.25) is 10.0 Å². The summed E-state index contributed by atoms with van der Waals surface area (Å²) in [6.45, 7) is 0.492. The van der Waals surface area contributed by atoms with Crippen molar-refractivity contribution < 1.29 is 13.2 Å². The molecule has 0 radical (unpaired) electrons. The van der Waals surface area contributed by atoms with Crippen molar-refractivity contribution in [1.29, 1.82) is 0 Å². The number of alkyl halides is 1. The van der Waals surface area contributed by atoms with Crippen LogP contribution in [0.15, 0.2) is 23.1 Å². The Balaban J connectivity index is 2.97. The van der Waals surface area contributed by atoms with Gasteiger partial charge in [-0.15, -0.1) is 11.6 Å². The second kappa shape index (κ2) is 6.56. The van der Waals surface area contributed by atoms with E-state index in [0.717, 1.165) is 0 Å². The van der Waals surface area contributed by atoms with Crippen molar-refractivity contribution in [3.63, 3.8) is 0 Å². The zero-order valence-electron chi connectivity index (χ0n) is 9.24. The van der Waals surface area contributed by atoms with Gasteiger partial charge in [-0.25, -0.2) is 13.1 Å². The molecule has 1 aromatic rings. The molecule has 0 saturated carbocycles. The summed E-state index contributed by atoms with van der Waals surface area (Å²) < 4.78 is 31.0. The van der Waals surface area contributed by atoms with E-state index in [9.17, 15) is 8.42 Å². The van der Waals surface area contributed by atoms with Gasteiger partial charge >= 0.3 is 0 Å². The van der Waals surface area contributed by atoms with Crippen LogP contribution in [0.5, 0.6) is 0 Å². The molecule has 0 atom stereocenters. The summed E-state index contributed by atoms with van der Waals surface area (Å²) in [6, 6.07) is 4.66. The first-order chi connectivity index (χ1) is 8.01. The lowest BCUT2D eigenvalue weighted by Gasteiger charge is -2.09. The second-order valence-electron chi connectivity index (χ2n) is 3.29. The Labute approximate surface area is 111 Å². The van der Waals surface area contributed by atoms with E-state index in [-0.39, 0.29) is 22.3 Å². The zero-order chi connectivity index (χ0) is 12.9. The van der Waals surface area contributed by atoms with Crippen molar-refractivity contribution >= 4 is 33.2 Å². The molecule has 7 heteroatoms. The molecule has 1 rings (SSSR count). The van der Waals surface area contributed by atoms with Crippen LogP contribution in [-0.2, 0) is 20.6 Å². The molecule has 17 heavy (non-hydrogen) atoms. The first-order valence-corrected chi connectivity index (χ1v) is 7.24. The van der Waals surface area contributed by atoms with Gasteiger partial charge in [-0.3, -0.25) is 0 Å². The first-order valence-electron chi connectivity index (χ1n) is 4.84. The molecule has 0 heterocycles. The molecule has 0 bridgehead atoms. The lowest BCUT2D eigenvalue weighted by Crippen LogP contribution is -2.27. The van der Waals surface area contributed by atoms with Gasteiger partial charge in [0.15, 0.2) is 0 Å². The van der Waals surface area contributed by atoms with E-state index in [1.165, 1.54) is 19.2 Å². The predicted octanol–water partition coefficient (Wildman–Crippen LogP) is 2.00. The average molecular weight is 298 g/mol. The van der Waals surface area contributed by atoms with Crippen LogP contribution in [0.4, 0.5) is 0 Å². The van der Waals surface area contributed by atoms with Crippen molar-refractivity contribution in [2.24, 2.45) is 0 Å². The van der Waals surface area contributed by atoms with E-state index in [1.807, 2.05) is 0 Å². The van der Waals surface area contributed by atoms with E-state index in [2.05, 4.69) is 4.72 Å². The Hall–Kier alpha value is -0.330. The Kier molecular flexibility index (Phi) is 5.69. The fourth-order valence-corrected chi connectivity index (χ4v) is 2.92. The molecule has 0 aliphatic carbocycles. The van der Waals surface area contributed by atoms with E-state index in [4.69, 9.17) is 27.9 Å². The summed E-state index contributed by atoms with van der Waals surface area (Å²) in [5, 5.41) is 0.170. The molecule has 4 nitrogen and oxygen atoms in total. The molecule has 0 spiro atoms. The third kappa shape index (κ3) is 4.12. The lowest BCUT2D eigenvalue weighted by molar-refractivity contribution is 0.204. The van der Waals surface area contributed by atoms with Gasteiger partial charge in [0.05, 0.1) is 11.6 Å². The SMILES string of the molecule is COCCNS(=O)(=O)c1cc(CCl)ccc1Cl. The van der Waals surface area contributed by atoms with Gasteiger partial charge in [-0.1, -0.05) is 17.7 Å². The number of hydrogen-bond acceptors (Lipinski definition) is 3. The highest BCUT2D eigenvalue weighted by Crippen LogP contribution is 2.23. The summed E-state index contributed by atoms with van der Waals surface area (Å²) in [4.78, 5) is 0.0356. The van der Waals surface area contributed by atoms with Crippen molar-refractivity contribution in [1.82, 2.24) is 4.72 Å². The second-order valence-corrected chi connectivity index (χ2v) is 5.70. The molecule has 0 unspecified atom stereocenters. The molecule has 0 aliphatic rings. The van der Waals surface area contributed by atoms with Gasteiger partial charge in [0.1, 0.15) is 4.90 Å². The molecule has 1 aromatic carbocycles. The third-order valence-corrected chi connectivity index (χ3v) is 4.29. The smallest absolute Gasteiger partial charge is 0.242 e. The van der Waals surface area contributed by atoms with Gasteiger partial charge in [-0.05, 0) is 17.7 Å². The van der Waals surface area contributed by atoms with Crippen molar-refractivity contribution in [2.75, 3.05) is 20.3 Å². The average Bonchev–Trinajstić information content (AvgIpc) is 2.29. The largest absolute Gasteiger partial charge is 0.383 e. The van der Waals surface area contributed by atoms with Gasteiger partial charge < -0.3 is 4.74 Å². The van der Waals surface area contributed by atoms with Gasteiger partial charge in [0, 0.05) is 19.5 Å². The van der Waals surface area contributed by atoms with Crippen LogP contribution >= 0.6 is 23.2 Å². The van der Waals surface area contributed by atoms with Gasteiger partial charge in [0.25, 0.3) is 0 Å². The molecule has 0 fully saturated rings. The highest BCUT2D eigenvalue weighted by atomic mass is 35.5. The van der Waals surface area contributed by atoms with Crippen molar-refractivity contribution in [3.8, 4) is 0 Å². The number of hydrogen-bond donors (Lipinski definition) is 1. The van der Waals surface area contributed by atoms with Crippen LogP contribution in [0, 0.1) is 0 Å². The molecule has 0 aromatic heterocycles. The van der Waals surface area contributed by atoms with Crippen molar-refractivity contribution in [3.05, 3.63) is 28.8 Å². The van der Waals surface area contributed by atoms with E-state index < -0.39 is 10.0 Å². The number of methoxy groups -OCH3 is 1. The van der Waals surface area contributed by atoms with E-state index >= 15 is 0 Å². The van der Waals surface area contributed by atoms with E-state index in [0.29, 0.717) is 12.2 Å². The lowest BCUT2D eigenvalue weighted by atomic mass is 10.2. The maximum Gasteiger partial charge on any atom is 0.242 e. The summed E-state index contributed by atoms with van der Waals surface area (Å²) in [5.74, 6) is 0.234. The fraction of sp³-hybridized carbons (Fsp3) is 0.400. The minimum Gasteiger partial charge on any atom is -0.383 e. The molecule has 0 aliphatic heterocycles. The monoisotopic (exact) mass is 297 g/mol. The number of ether oxygens (including phenoxy) is 1. The molecular weight excluding hydrogens is 285 g/mol. The maximum absolute atomic E-state index is 11.9. The molecule has 1 N–H and O–H groups in total. The quantitative estimate of drug-likeness (QED) is 0.645. The topological polar surface area (TPSA) is 55.4 Å². The molecule has 0 amide bonds. The Morgan fingerprint density at radius 2 is 2.12 bits per heavy atom. The normalized spacial score (nSPS) is 11.7. The van der Waals surface area contributed by atoms with E-state index in [1.54, 1.807) is 6.07 Å². The first kappa shape index (κ1) is 14.7. The predicted molar refractivity (Wildman–Crippen MR) is 68.1 cm³/mol. The summed E-state index contributed by atoms with van der Waals surface area (Å²) >= 11 is 11.5. The molecular formula is C10H13Cl2NO3S. The highest BCUT2D eigenvalue weighted by molar-refractivity contribution is 7.89. The molecule has 0 saturated heterocycles. The number of halogens is 2. The summed E-state index contributed by atoms with van der Waals surface area (Å²) in [6.07, 6.45) is 0. The Morgan fingerprint density at radius 3 is 2.71 bits per heavy atom. The summed E-state index contributed by atoms with van der Waals surface area (Å²) in [5.41, 5.74) is 0.697. The standard InChI is InChI=1S/C10H13Cl2NO3S/c1-16-5-4-13-17(14,15)10-6-8(7-11)2-3-9(10)12/h2-3,6,13H,4-5,7H2,1H3. The third-order valence-electron chi connectivity index (χ3n) is 2.04. The van der Waals surface area contributed by atoms with Crippen LogP contribution in [0.3, 0.4) is 0 Å². The van der Waals surface area contributed by atoms with Crippen LogP contribution in [0.1, 0.15) is 5.56 Å². The summed E-state index contributed by atoms with van der Waals surface area (Å²) in [7, 11) is -2.12. The number of benzene rings is 1. The molecule has 96 valence electrons. The van der Waals surface area contributed by atoms with Gasteiger partial charge in [-0.2, -0.15) is 0 Å². The van der Waals surface area contributed by atoms with Crippen molar-refractivity contribution in [2.45, 2.75) is 10.8 Å².